The summed E-state index contributed by atoms with van der Waals surface area (Å²) in [4.78, 5) is 11.8. The van der Waals surface area contributed by atoms with Crippen molar-refractivity contribution >= 4 is 22.8 Å². The van der Waals surface area contributed by atoms with Gasteiger partial charge in [-0.15, -0.1) is 0 Å². The Balaban J connectivity index is 2.22. The van der Waals surface area contributed by atoms with E-state index in [1.807, 2.05) is 18.2 Å². The van der Waals surface area contributed by atoms with E-state index in [4.69, 9.17) is 0 Å². The van der Waals surface area contributed by atoms with Gasteiger partial charge in [0, 0.05) is 5.56 Å². The van der Waals surface area contributed by atoms with Crippen LogP contribution in [-0.2, 0) is 0 Å². The minimum Gasteiger partial charge on any atom is -0.287 e. The highest BCUT2D eigenvalue weighted by Gasteiger charge is 2.27. The Morgan fingerprint density at radius 2 is 2.06 bits per heavy atom. The fourth-order valence-electron chi connectivity index (χ4n) is 2.72. The molecular formula is C14H10N2O. The van der Waals surface area contributed by atoms with Crippen LogP contribution in [0.1, 0.15) is 27.5 Å². The monoisotopic (exact) mass is 222 g/mol. The molecule has 3 heteroatoms. The minimum atomic E-state index is -0.0525. The van der Waals surface area contributed by atoms with Crippen molar-refractivity contribution in [1.82, 2.24) is 10.9 Å². The number of benzene rings is 2. The predicted octanol–water partition coefficient (Wildman–Crippen LogP) is 2.16. The predicted molar refractivity (Wildman–Crippen MR) is 66.3 cm³/mol. The summed E-state index contributed by atoms with van der Waals surface area (Å²) in [6.07, 6.45) is 4.19. The first-order valence-electron chi connectivity index (χ1n) is 5.64. The number of hydrogen-bond acceptors (Lipinski definition) is 2. The molecule has 0 saturated heterocycles. The van der Waals surface area contributed by atoms with Crippen molar-refractivity contribution < 1.29 is 4.79 Å². The molecule has 0 spiro atoms. The van der Waals surface area contributed by atoms with Crippen LogP contribution in [0.15, 0.2) is 36.4 Å². The van der Waals surface area contributed by atoms with Crippen molar-refractivity contribution in [3.05, 3.63) is 53.1 Å². The minimum absolute atomic E-state index is 0.0525. The van der Waals surface area contributed by atoms with E-state index >= 15 is 0 Å². The first kappa shape index (κ1) is 8.96. The zero-order chi connectivity index (χ0) is 11.4. The van der Waals surface area contributed by atoms with Crippen LogP contribution in [0.2, 0.25) is 0 Å². The number of carbonyl (C=O) groups excluding carboxylic acids is 1. The highest BCUT2D eigenvalue weighted by Crippen LogP contribution is 2.36. The Kier molecular flexibility index (Phi) is 1.56. The average Bonchev–Trinajstić information content (AvgIpc) is 2.38. The molecule has 4 rings (SSSR count). The van der Waals surface area contributed by atoms with Crippen LogP contribution in [-0.4, -0.2) is 5.91 Å². The van der Waals surface area contributed by atoms with Crippen molar-refractivity contribution in [2.24, 2.45) is 0 Å². The highest BCUT2D eigenvalue weighted by atomic mass is 16.2. The van der Waals surface area contributed by atoms with Gasteiger partial charge in [-0.25, -0.2) is 5.43 Å². The largest absolute Gasteiger partial charge is 0.287 e. The van der Waals surface area contributed by atoms with Gasteiger partial charge < -0.3 is 0 Å². The van der Waals surface area contributed by atoms with Gasteiger partial charge in [-0.1, -0.05) is 36.4 Å². The van der Waals surface area contributed by atoms with Gasteiger partial charge in [0.2, 0.25) is 0 Å². The van der Waals surface area contributed by atoms with Gasteiger partial charge in [-0.05, 0) is 28.0 Å². The van der Waals surface area contributed by atoms with Gasteiger partial charge >= 0.3 is 0 Å². The number of hydrazine groups is 1. The van der Waals surface area contributed by atoms with E-state index in [1.54, 1.807) is 0 Å². The van der Waals surface area contributed by atoms with Gasteiger partial charge in [0.25, 0.3) is 5.91 Å². The summed E-state index contributed by atoms with van der Waals surface area (Å²) >= 11 is 0. The standard InChI is InChI=1S/C14H10N2O/c17-14-10-6-4-8-2-1-3-9-5-7-11(15-16-14)13(10)12(8)9/h1-7,11,15H,(H,16,17). The van der Waals surface area contributed by atoms with Crippen molar-refractivity contribution in [3.8, 4) is 0 Å². The molecule has 1 aliphatic heterocycles. The molecule has 1 amide bonds. The molecule has 2 N–H and O–H groups in total. The normalized spacial score (nSPS) is 20.5. The molecule has 0 bridgehead atoms. The molecule has 0 radical (unpaired) electrons. The van der Waals surface area contributed by atoms with E-state index in [1.165, 1.54) is 16.3 Å². The lowest BCUT2D eigenvalue weighted by molar-refractivity contribution is 0.0914. The van der Waals surface area contributed by atoms with Crippen molar-refractivity contribution in [3.63, 3.8) is 0 Å². The highest BCUT2D eigenvalue weighted by molar-refractivity contribution is 6.06. The van der Waals surface area contributed by atoms with Crippen LogP contribution in [0.4, 0.5) is 0 Å². The molecule has 2 aromatic carbocycles. The second kappa shape index (κ2) is 2.96. The SMILES string of the molecule is O=C1NNC2C=Cc3cccc4ccc1c2c34. The van der Waals surface area contributed by atoms with Crippen molar-refractivity contribution in [2.45, 2.75) is 6.04 Å². The zero-order valence-corrected chi connectivity index (χ0v) is 9.03. The van der Waals surface area contributed by atoms with Crippen LogP contribution in [0.25, 0.3) is 16.8 Å². The molecule has 2 aromatic rings. The molecule has 1 unspecified atom stereocenters. The van der Waals surface area contributed by atoms with Crippen molar-refractivity contribution in [1.29, 1.82) is 0 Å². The Morgan fingerprint density at radius 3 is 3.00 bits per heavy atom. The third-order valence-electron chi connectivity index (χ3n) is 3.48. The van der Waals surface area contributed by atoms with Crippen LogP contribution < -0.4 is 10.9 Å². The van der Waals surface area contributed by atoms with E-state index in [9.17, 15) is 4.79 Å². The molecule has 0 fully saturated rings. The summed E-state index contributed by atoms with van der Waals surface area (Å²) in [6.45, 7) is 0. The topological polar surface area (TPSA) is 41.1 Å². The lowest BCUT2D eigenvalue weighted by Gasteiger charge is -2.29. The fraction of sp³-hybridized carbons (Fsp3) is 0.0714. The summed E-state index contributed by atoms with van der Waals surface area (Å²) in [5.41, 5.74) is 8.78. The molecule has 82 valence electrons. The maximum Gasteiger partial charge on any atom is 0.265 e. The first-order chi connectivity index (χ1) is 8.34. The van der Waals surface area contributed by atoms with Gasteiger partial charge in [-0.3, -0.25) is 10.2 Å². The van der Waals surface area contributed by atoms with Gasteiger partial charge in [0.1, 0.15) is 0 Å². The molecule has 1 aliphatic carbocycles. The van der Waals surface area contributed by atoms with Crippen molar-refractivity contribution in [2.75, 3.05) is 0 Å². The molecule has 17 heavy (non-hydrogen) atoms. The lowest BCUT2D eigenvalue weighted by atomic mass is 9.86. The quantitative estimate of drug-likeness (QED) is 0.717. The molecular weight excluding hydrogens is 212 g/mol. The molecule has 1 heterocycles. The molecule has 2 aliphatic rings. The van der Waals surface area contributed by atoms with Crippen LogP contribution in [0.5, 0.6) is 0 Å². The average molecular weight is 222 g/mol. The summed E-state index contributed by atoms with van der Waals surface area (Å²) in [6, 6.07) is 10.2. The lowest BCUT2D eigenvalue weighted by Crippen LogP contribution is -2.45. The molecule has 0 aromatic heterocycles. The van der Waals surface area contributed by atoms with Gasteiger partial charge in [0.05, 0.1) is 6.04 Å². The third kappa shape index (κ3) is 1.06. The maximum absolute atomic E-state index is 11.8. The molecule has 3 nitrogen and oxygen atoms in total. The fourth-order valence-corrected chi connectivity index (χ4v) is 2.72. The Bertz CT molecular complexity index is 688. The number of rotatable bonds is 0. The van der Waals surface area contributed by atoms with E-state index in [2.05, 4.69) is 35.1 Å². The van der Waals surface area contributed by atoms with Crippen LogP contribution in [0, 0.1) is 0 Å². The van der Waals surface area contributed by atoms with Gasteiger partial charge in [0.15, 0.2) is 0 Å². The number of amides is 1. The maximum atomic E-state index is 11.8. The third-order valence-corrected chi connectivity index (χ3v) is 3.48. The zero-order valence-electron chi connectivity index (χ0n) is 9.03. The molecule has 1 atom stereocenters. The Morgan fingerprint density at radius 1 is 1.12 bits per heavy atom. The van der Waals surface area contributed by atoms with Crippen LogP contribution >= 0.6 is 0 Å². The van der Waals surface area contributed by atoms with E-state index in [0.29, 0.717) is 0 Å². The smallest absolute Gasteiger partial charge is 0.265 e. The number of hydrogen-bond donors (Lipinski definition) is 2. The second-order valence-electron chi connectivity index (χ2n) is 4.41. The molecule has 0 saturated carbocycles. The number of carbonyl (C=O) groups is 1. The van der Waals surface area contributed by atoms with E-state index in [-0.39, 0.29) is 11.9 Å². The Hall–Kier alpha value is -2.13. The first-order valence-corrected chi connectivity index (χ1v) is 5.64. The van der Waals surface area contributed by atoms with E-state index < -0.39 is 0 Å². The van der Waals surface area contributed by atoms with Crippen LogP contribution in [0.3, 0.4) is 0 Å². The summed E-state index contributed by atoms with van der Waals surface area (Å²) in [5.74, 6) is -0.0525. The van der Waals surface area contributed by atoms with E-state index in [0.717, 1.165) is 11.1 Å². The summed E-state index contributed by atoms with van der Waals surface area (Å²) < 4.78 is 0. The summed E-state index contributed by atoms with van der Waals surface area (Å²) in [7, 11) is 0. The summed E-state index contributed by atoms with van der Waals surface area (Å²) in [5, 5.41) is 2.38. The number of nitrogens with one attached hydrogen (secondary N) is 2. The second-order valence-corrected chi connectivity index (χ2v) is 4.41. The van der Waals surface area contributed by atoms with Gasteiger partial charge in [-0.2, -0.15) is 0 Å². The Labute approximate surface area is 98.1 Å².